The van der Waals surface area contributed by atoms with Gasteiger partial charge in [0.25, 0.3) is 5.91 Å². The number of benzene rings is 3. The number of carbonyl (C=O) groups excluding carboxylic acids is 3. The lowest BCUT2D eigenvalue weighted by Crippen LogP contribution is -2.36. The Bertz CT molecular complexity index is 1330. The molecule has 184 valence electrons. The molecule has 1 aliphatic rings. The Morgan fingerprint density at radius 1 is 0.917 bits per heavy atom. The maximum Gasteiger partial charge on any atom is 0.338 e. The van der Waals surface area contributed by atoms with Crippen LogP contribution < -0.4 is 15.5 Å². The van der Waals surface area contributed by atoms with Gasteiger partial charge in [-0.05, 0) is 48.9 Å². The van der Waals surface area contributed by atoms with Crippen LogP contribution in [0.2, 0.25) is 0 Å². The summed E-state index contributed by atoms with van der Waals surface area (Å²) < 4.78 is 5.09. The molecule has 3 aromatic rings. The van der Waals surface area contributed by atoms with Gasteiger partial charge in [-0.2, -0.15) is 0 Å². The standard InChI is InChI=1S/C28H28N4O4/c1-5-36-27(34)19-11-16-22-23(17-19)30-26(33)24(22)25(18-9-7-6-8-10-18)29-20-12-14-21(15-13-20)32(4)28(35)31(2)3/h6-17,29H,5H2,1-4H3,(H,30,33). The molecule has 36 heavy (non-hydrogen) atoms. The van der Waals surface area contributed by atoms with Crippen LogP contribution in [-0.2, 0) is 9.53 Å². The normalized spacial score (nSPS) is 13.4. The topological polar surface area (TPSA) is 91.0 Å². The number of nitrogens with one attached hydrogen (secondary N) is 2. The van der Waals surface area contributed by atoms with Crippen molar-refractivity contribution in [2.75, 3.05) is 43.3 Å². The highest BCUT2D eigenvalue weighted by Crippen LogP contribution is 2.38. The molecule has 4 rings (SSSR count). The van der Waals surface area contributed by atoms with Gasteiger partial charge in [0.1, 0.15) is 0 Å². The van der Waals surface area contributed by atoms with E-state index in [2.05, 4.69) is 10.6 Å². The van der Waals surface area contributed by atoms with Gasteiger partial charge in [-0.15, -0.1) is 0 Å². The van der Waals surface area contributed by atoms with Gasteiger partial charge < -0.3 is 20.3 Å². The monoisotopic (exact) mass is 484 g/mol. The number of nitrogens with zero attached hydrogens (tertiary/aromatic N) is 2. The van der Waals surface area contributed by atoms with Crippen LogP contribution in [0.15, 0.2) is 72.8 Å². The van der Waals surface area contributed by atoms with E-state index in [4.69, 9.17) is 4.74 Å². The Labute approximate surface area is 210 Å². The van der Waals surface area contributed by atoms with Crippen molar-refractivity contribution in [1.82, 2.24) is 4.90 Å². The summed E-state index contributed by atoms with van der Waals surface area (Å²) in [6, 6.07) is 21.9. The molecule has 0 aliphatic carbocycles. The summed E-state index contributed by atoms with van der Waals surface area (Å²) in [6.07, 6.45) is 0. The number of urea groups is 1. The minimum atomic E-state index is -0.439. The van der Waals surface area contributed by atoms with Gasteiger partial charge in [-0.3, -0.25) is 9.69 Å². The van der Waals surface area contributed by atoms with Crippen LogP contribution in [0.4, 0.5) is 21.9 Å². The molecular formula is C28H28N4O4. The van der Waals surface area contributed by atoms with Crippen LogP contribution >= 0.6 is 0 Å². The van der Waals surface area contributed by atoms with E-state index in [1.54, 1.807) is 51.2 Å². The number of hydrogen-bond acceptors (Lipinski definition) is 5. The highest BCUT2D eigenvalue weighted by atomic mass is 16.5. The maximum atomic E-state index is 13.2. The van der Waals surface area contributed by atoms with E-state index < -0.39 is 5.97 Å². The van der Waals surface area contributed by atoms with Crippen LogP contribution in [0.3, 0.4) is 0 Å². The molecule has 1 heterocycles. The Balaban J connectivity index is 1.73. The van der Waals surface area contributed by atoms with Crippen molar-refractivity contribution < 1.29 is 19.1 Å². The SMILES string of the molecule is CCOC(=O)c1ccc2c(c1)NC(=O)C2=C(Nc1ccc(N(C)C(=O)N(C)C)cc1)c1ccccc1. The van der Waals surface area contributed by atoms with Crippen LogP contribution in [0, 0.1) is 0 Å². The Hall–Kier alpha value is -4.59. The van der Waals surface area contributed by atoms with Crippen molar-refractivity contribution >= 4 is 46.2 Å². The number of anilines is 3. The highest BCUT2D eigenvalue weighted by molar-refractivity contribution is 6.37. The van der Waals surface area contributed by atoms with Crippen LogP contribution in [0.5, 0.6) is 0 Å². The molecule has 8 nitrogen and oxygen atoms in total. The molecule has 1 aliphatic heterocycles. The first-order valence-corrected chi connectivity index (χ1v) is 11.5. The summed E-state index contributed by atoms with van der Waals surface area (Å²) in [5.74, 6) is -0.712. The molecule has 8 heteroatoms. The summed E-state index contributed by atoms with van der Waals surface area (Å²) in [7, 11) is 5.12. The third-order valence-corrected chi connectivity index (χ3v) is 5.78. The van der Waals surface area contributed by atoms with Crippen molar-refractivity contribution in [1.29, 1.82) is 0 Å². The third-order valence-electron chi connectivity index (χ3n) is 5.78. The second-order valence-electron chi connectivity index (χ2n) is 8.46. The second-order valence-corrected chi connectivity index (χ2v) is 8.46. The summed E-state index contributed by atoms with van der Waals surface area (Å²) in [5, 5.41) is 6.27. The molecular weight excluding hydrogens is 456 g/mol. The predicted octanol–water partition coefficient (Wildman–Crippen LogP) is 4.91. The van der Waals surface area contributed by atoms with E-state index in [-0.39, 0.29) is 18.5 Å². The molecule has 0 fully saturated rings. The van der Waals surface area contributed by atoms with Crippen molar-refractivity contribution in [3.05, 3.63) is 89.5 Å². The first kappa shape index (κ1) is 24.5. The van der Waals surface area contributed by atoms with Crippen LogP contribution in [-0.4, -0.2) is 50.6 Å². The summed E-state index contributed by atoms with van der Waals surface area (Å²) in [4.78, 5) is 40.7. The van der Waals surface area contributed by atoms with E-state index in [1.165, 1.54) is 4.90 Å². The highest BCUT2D eigenvalue weighted by Gasteiger charge is 2.29. The maximum absolute atomic E-state index is 13.2. The number of hydrogen-bond donors (Lipinski definition) is 2. The molecule has 0 radical (unpaired) electrons. The zero-order valence-electron chi connectivity index (χ0n) is 20.7. The van der Waals surface area contributed by atoms with Gasteiger partial charge in [-0.1, -0.05) is 36.4 Å². The average Bonchev–Trinajstić information content (AvgIpc) is 3.22. The lowest BCUT2D eigenvalue weighted by molar-refractivity contribution is -0.110. The summed E-state index contributed by atoms with van der Waals surface area (Å²) in [5.41, 5.74) is 5.02. The molecule has 0 atom stereocenters. The van der Waals surface area contributed by atoms with Crippen molar-refractivity contribution in [2.45, 2.75) is 6.92 Å². The van der Waals surface area contributed by atoms with Crippen LogP contribution in [0.25, 0.3) is 11.3 Å². The lowest BCUT2D eigenvalue weighted by atomic mass is 9.99. The van der Waals surface area contributed by atoms with Crippen LogP contribution in [0.1, 0.15) is 28.4 Å². The van der Waals surface area contributed by atoms with Gasteiger partial charge in [0.15, 0.2) is 0 Å². The first-order chi connectivity index (χ1) is 17.3. The Kier molecular flexibility index (Phi) is 7.05. The van der Waals surface area contributed by atoms with Gasteiger partial charge in [0.05, 0.1) is 29.1 Å². The number of ether oxygens (including phenoxy) is 1. The zero-order chi connectivity index (χ0) is 25.8. The number of esters is 1. The lowest BCUT2D eigenvalue weighted by Gasteiger charge is -2.22. The molecule has 0 spiro atoms. The van der Waals surface area contributed by atoms with Gasteiger partial charge >= 0.3 is 12.0 Å². The van der Waals surface area contributed by atoms with Crippen molar-refractivity contribution in [2.24, 2.45) is 0 Å². The van der Waals surface area contributed by atoms with E-state index in [9.17, 15) is 14.4 Å². The average molecular weight is 485 g/mol. The first-order valence-electron chi connectivity index (χ1n) is 11.5. The van der Waals surface area contributed by atoms with Crippen molar-refractivity contribution in [3.63, 3.8) is 0 Å². The minimum absolute atomic E-state index is 0.135. The molecule has 2 N–H and O–H groups in total. The number of rotatable bonds is 6. The molecule has 0 saturated carbocycles. The quantitative estimate of drug-likeness (QED) is 0.383. The Morgan fingerprint density at radius 3 is 2.25 bits per heavy atom. The van der Waals surface area contributed by atoms with Crippen molar-refractivity contribution in [3.8, 4) is 0 Å². The minimum Gasteiger partial charge on any atom is -0.462 e. The molecule has 0 saturated heterocycles. The van der Waals surface area contributed by atoms with E-state index in [0.717, 1.165) is 16.9 Å². The smallest absolute Gasteiger partial charge is 0.338 e. The van der Waals surface area contributed by atoms with Gasteiger partial charge in [0, 0.05) is 38.1 Å². The van der Waals surface area contributed by atoms with E-state index in [0.29, 0.717) is 28.1 Å². The summed E-state index contributed by atoms with van der Waals surface area (Å²) in [6.45, 7) is 2.02. The number of fused-ring (bicyclic) bond motifs is 1. The second kappa shape index (κ2) is 10.4. The Morgan fingerprint density at radius 2 is 1.61 bits per heavy atom. The zero-order valence-corrected chi connectivity index (χ0v) is 20.7. The predicted molar refractivity (Wildman–Crippen MR) is 142 cm³/mol. The fraction of sp³-hybridized carbons (Fsp3) is 0.179. The van der Waals surface area contributed by atoms with E-state index in [1.807, 2.05) is 54.6 Å². The molecule has 0 unspecified atom stereocenters. The molecule has 0 bridgehead atoms. The third kappa shape index (κ3) is 4.93. The summed E-state index contributed by atoms with van der Waals surface area (Å²) >= 11 is 0. The molecule has 3 amide bonds. The molecule has 3 aromatic carbocycles. The van der Waals surface area contributed by atoms with E-state index >= 15 is 0 Å². The fourth-order valence-electron chi connectivity index (χ4n) is 3.97. The number of carbonyl (C=O) groups is 3. The number of amides is 3. The fourth-order valence-corrected chi connectivity index (χ4v) is 3.97. The molecule has 0 aromatic heterocycles. The van der Waals surface area contributed by atoms with Gasteiger partial charge in [-0.25, -0.2) is 9.59 Å². The van der Waals surface area contributed by atoms with Gasteiger partial charge in [0.2, 0.25) is 0 Å². The largest absolute Gasteiger partial charge is 0.462 e.